The summed E-state index contributed by atoms with van der Waals surface area (Å²) >= 11 is 0. The standard InChI is InChI=1S/C15H26N2O2/c18-15(19)13-4-2-1-3-11(13)9-16-14-6-8-17-7-5-12(14)10-17/h11-14,16H,1-10H2,(H,18,19). The summed E-state index contributed by atoms with van der Waals surface area (Å²) in [5.74, 6) is 0.471. The first-order valence-electron chi connectivity index (χ1n) is 7.92. The number of nitrogens with one attached hydrogen (secondary N) is 1. The van der Waals surface area contributed by atoms with Gasteiger partial charge in [-0.05, 0) is 57.2 Å². The third-order valence-corrected chi connectivity index (χ3v) is 5.50. The predicted molar refractivity (Wildman–Crippen MR) is 74.0 cm³/mol. The second kappa shape index (κ2) is 5.80. The highest BCUT2D eigenvalue weighted by Crippen LogP contribution is 2.31. The van der Waals surface area contributed by atoms with Crippen LogP contribution in [0.15, 0.2) is 0 Å². The molecule has 0 aromatic heterocycles. The number of carboxylic acid groups (broad SMARTS) is 1. The van der Waals surface area contributed by atoms with Gasteiger partial charge in [0, 0.05) is 12.6 Å². The number of nitrogens with zero attached hydrogens (tertiary/aromatic N) is 1. The van der Waals surface area contributed by atoms with Crippen molar-refractivity contribution in [3.05, 3.63) is 0 Å². The summed E-state index contributed by atoms with van der Waals surface area (Å²) in [6.45, 7) is 4.66. The molecule has 19 heavy (non-hydrogen) atoms. The minimum Gasteiger partial charge on any atom is -0.481 e. The van der Waals surface area contributed by atoms with E-state index in [9.17, 15) is 9.90 Å². The summed E-state index contributed by atoms with van der Waals surface area (Å²) in [6, 6.07) is 0.634. The van der Waals surface area contributed by atoms with Crippen LogP contribution in [0.4, 0.5) is 0 Å². The van der Waals surface area contributed by atoms with Crippen LogP contribution in [-0.2, 0) is 4.79 Å². The van der Waals surface area contributed by atoms with Gasteiger partial charge in [-0.25, -0.2) is 0 Å². The van der Waals surface area contributed by atoms with Crippen molar-refractivity contribution in [1.82, 2.24) is 10.2 Å². The maximum Gasteiger partial charge on any atom is 0.306 e. The maximum atomic E-state index is 11.3. The number of piperidine rings is 1. The van der Waals surface area contributed by atoms with Gasteiger partial charge in [-0.3, -0.25) is 4.79 Å². The van der Waals surface area contributed by atoms with Gasteiger partial charge in [0.25, 0.3) is 0 Å². The van der Waals surface area contributed by atoms with Crippen LogP contribution in [0.5, 0.6) is 0 Å². The van der Waals surface area contributed by atoms with Crippen LogP contribution in [-0.4, -0.2) is 48.2 Å². The molecule has 0 radical (unpaired) electrons. The van der Waals surface area contributed by atoms with E-state index in [4.69, 9.17) is 0 Å². The molecule has 3 fully saturated rings. The van der Waals surface area contributed by atoms with Crippen molar-refractivity contribution < 1.29 is 9.90 Å². The highest BCUT2D eigenvalue weighted by atomic mass is 16.4. The van der Waals surface area contributed by atoms with Crippen molar-refractivity contribution in [2.24, 2.45) is 17.8 Å². The molecule has 5 atom stereocenters. The zero-order valence-corrected chi connectivity index (χ0v) is 11.7. The zero-order valence-electron chi connectivity index (χ0n) is 11.7. The Morgan fingerprint density at radius 1 is 1.16 bits per heavy atom. The van der Waals surface area contributed by atoms with Crippen molar-refractivity contribution in [3.8, 4) is 0 Å². The maximum absolute atomic E-state index is 11.3. The van der Waals surface area contributed by atoms with E-state index in [1.165, 1.54) is 38.9 Å². The average Bonchev–Trinajstić information content (AvgIpc) is 2.81. The van der Waals surface area contributed by atoms with Crippen LogP contribution in [0.3, 0.4) is 0 Å². The van der Waals surface area contributed by atoms with Crippen molar-refractivity contribution in [1.29, 1.82) is 0 Å². The van der Waals surface area contributed by atoms with E-state index in [2.05, 4.69) is 10.2 Å². The molecule has 2 bridgehead atoms. The summed E-state index contributed by atoms with van der Waals surface area (Å²) in [7, 11) is 0. The molecule has 5 unspecified atom stereocenters. The van der Waals surface area contributed by atoms with E-state index < -0.39 is 5.97 Å². The predicted octanol–water partition coefficient (Wildman–Crippen LogP) is 1.56. The number of hydrogen-bond acceptors (Lipinski definition) is 3. The van der Waals surface area contributed by atoms with Gasteiger partial charge in [0.05, 0.1) is 5.92 Å². The summed E-state index contributed by atoms with van der Waals surface area (Å²) in [6.07, 6.45) is 6.84. The van der Waals surface area contributed by atoms with E-state index in [-0.39, 0.29) is 5.92 Å². The first kappa shape index (κ1) is 13.4. The quantitative estimate of drug-likeness (QED) is 0.811. The van der Waals surface area contributed by atoms with Gasteiger partial charge >= 0.3 is 5.97 Å². The fraction of sp³-hybridized carbons (Fsp3) is 0.933. The van der Waals surface area contributed by atoms with Gasteiger partial charge in [-0.15, -0.1) is 0 Å². The van der Waals surface area contributed by atoms with Gasteiger partial charge in [0.2, 0.25) is 0 Å². The Labute approximate surface area is 115 Å². The second-order valence-electron chi connectivity index (χ2n) is 6.64. The lowest BCUT2D eigenvalue weighted by Crippen LogP contribution is -2.46. The molecule has 0 aromatic rings. The van der Waals surface area contributed by atoms with Crippen LogP contribution < -0.4 is 5.32 Å². The fourth-order valence-corrected chi connectivity index (χ4v) is 4.30. The Bertz CT molecular complexity index is 334. The van der Waals surface area contributed by atoms with E-state index >= 15 is 0 Å². The average molecular weight is 266 g/mol. The number of rotatable bonds is 4. The molecule has 0 amide bonds. The molecule has 2 heterocycles. The third-order valence-electron chi connectivity index (χ3n) is 5.50. The summed E-state index contributed by atoms with van der Waals surface area (Å²) in [5, 5.41) is 13.0. The lowest BCUT2D eigenvalue weighted by atomic mass is 9.79. The molecule has 3 rings (SSSR count). The molecule has 0 aromatic carbocycles. The second-order valence-corrected chi connectivity index (χ2v) is 6.64. The number of aliphatic carboxylic acids is 1. The molecule has 4 heteroatoms. The third kappa shape index (κ3) is 2.95. The van der Waals surface area contributed by atoms with Crippen LogP contribution in [0.25, 0.3) is 0 Å². The minimum atomic E-state index is -0.581. The molecule has 2 N–H and O–H groups in total. The first-order chi connectivity index (χ1) is 9.24. The summed E-state index contributed by atoms with van der Waals surface area (Å²) in [5.41, 5.74) is 0. The van der Waals surface area contributed by atoms with E-state index in [0.717, 1.165) is 31.7 Å². The lowest BCUT2D eigenvalue weighted by Gasteiger charge is -2.34. The van der Waals surface area contributed by atoms with Crippen molar-refractivity contribution in [2.45, 2.75) is 44.6 Å². The molecular weight excluding hydrogens is 240 g/mol. The molecular formula is C15H26N2O2. The largest absolute Gasteiger partial charge is 0.481 e. The molecule has 1 aliphatic carbocycles. The summed E-state index contributed by atoms with van der Waals surface area (Å²) in [4.78, 5) is 13.9. The van der Waals surface area contributed by atoms with E-state index in [0.29, 0.717) is 12.0 Å². The molecule has 108 valence electrons. The van der Waals surface area contributed by atoms with Crippen LogP contribution in [0.2, 0.25) is 0 Å². The fourth-order valence-electron chi connectivity index (χ4n) is 4.30. The molecule has 1 saturated carbocycles. The Kier molecular flexibility index (Phi) is 4.08. The lowest BCUT2D eigenvalue weighted by molar-refractivity contribution is -0.144. The highest BCUT2D eigenvalue weighted by Gasteiger charge is 2.36. The Morgan fingerprint density at radius 2 is 1.95 bits per heavy atom. The molecule has 3 aliphatic rings. The van der Waals surface area contributed by atoms with Crippen LogP contribution in [0, 0.1) is 17.8 Å². The van der Waals surface area contributed by atoms with E-state index in [1.807, 2.05) is 0 Å². The topological polar surface area (TPSA) is 52.6 Å². The Hall–Kier alpha value is -0.610. The monoisotopic (exact) mass is 266 g/mol. The van der Waals surface area contributed by atoms with Gasteiger partial charge in [0.1, 0.15) is 0 Å². The first-order valence-corrected chi connectivity index (χ1v) is 7.92. The Balaban J connectivity index is 1.51. The van der Waals surface area contributed by atoms with Crippen LogP contribution in [0.1, 0.15) is 38.5 Å². The Morgan fingerprint density at radius 3 is 2.79 bits per heavy atom. The molecule has 0 spiro atoms. The van der Waals surface area contributed by atoms with Crippen molar-refractivity contribution >= 4 is 5.97 Å². The SMILES string of the molecule is O=C(O)C1CCCCC1CNC1CCN2CCC1C2. The zero-order chi connectivity index (χ0) is 13.2. The van der Waals surface area contributed by atoms with Gasteiger partial charge in [-0.2, -0.15) is 0 Å². The van der Waals surface area contributed by atoms with Gasteiger partial charge in [-0.1, -0.05) is 12.8 Å². The molecule has 2 saturated heterocycles. The van der Waals surface area contributed by atoms with Crippen molar-refractivity contribution in [2.75, 3.05) is 26.2 Å². The minimum absolute atomic E-state index is 0.107. The normalized spacial score (nSPS) is 42.2. The number of fused-ring (bicyclic) bond motifs is 2. The number of carboxylic acids is 1. The van der Waals surface area contributed by atoms with Crippen molar-refractivity contribution in [3.63, 3.8) is 0 Å². The van der Waals surface area contributed by atoms with Gasteiger partial charge in [0.15, 0.2) is 0 Å². The smallest absolute Gasteiger partial charge is 0.306 e. The number of carbonyl (C=O) groups is 1. The number of hydrogen-bond donors (Lipinski definition) is 2. The van der Waals surface area contributed by atoms with Gasteiger partial charge < -0.3 is 15.3 Å². The van der Waals surface area contributed by atoms with Crippen LogP contribution >= 0.6 is 0 Å². The van der Waals surface area contributed by atoms with E-state index in [1.54, 1.807) is 0 Å². The highest BCUT2D eigenvalue weighted by molar-refractivity contribution is 5.70. The summed E-state index contributed by atoms with van der Waals surface area (Å²) < 4.78 is 0. The molecule has 2 aliphatic heterocycles. The molecule has 4 nitrogen and oxygen atoms in total.